The van der Waals surface area contributed by atoms with Gasteiger partial charge in [-0.3, -0.25) is 9.78 Å². The molecule has 1 amide bonds. The molecule has 0 radical (unpaired) electrons. The largest absolute Gasteiger partial charge is 0.484 e. The molecule has 4 rings (SSSR count). The van der Waals surface area contributed by atoms with Crippen LogP contribution in [-0.2, 0) is 4.79 Å². The van der Waals surface area contributed by atoms with Gasteiger partial charge in [0.05, 0.1) is 11.2 Å². The monoisotopic (exact) mass is 374 g/mol. The van der Waals surface area contributed by atoms with Gasteiger partial charge in [-0.15, -0.1) is 0 Å². The van der Waals surface area contributed by atoms with Crippen LogP contribution in [0.15, 0.2) is 54.6 Å². The Bertz CT molecular complexity index is 960. The van der Waals surface area contributed by atoms with E-state index in [9.17, 15) is 4.79 Å². The summed E-state index contributed by atoms with van der Waals surface area (Å²) in [7, 11) is 0. The lowest BCUT2D eigenvalue weighted by atomic mass is 9.84. The number of nitrogens with zero attached hydrogens (tertiary/aromatic N) is 1. The second kappa shape index (κ2) is 8.42. The molecule has 0 saturated heterocycles. The first-order chi connectivity index (χ1) is 13.7. The highest BCUT2D eigenvalue weighted by atomic mass is 16.5. The Morgan fingerprint density at radius 1 is 1.04 bits per heavy atom. The van der Waals surface area contributed by atoms with Crippen molar-refractivity contribution in [3.05, 3.63) is 65.9 Å². The van der Waals surface area contributed by atoms with E-state index in [1.54, 1.807) is 0 Å². The summed E-state index contributed by atoms with van der Waals surface area (Å²) in [5.41, 5.74) is 3.81. The number of hydrogen-bond donors (Lipinski definition) is 1. The molecule has 1 heterocycles. The predicted molar refractivity (Wildman–Crippen MR) is 113 cm³/mol. The molecule has 0 atom stereocenters. The zero-order valence-electron chi connectivity index (χ0n) is 16.3. The number of para-hydroxylation sites is 1. The number of aromatic nitrogens is 1. The lowest BCUT2D eigenvalue weighted by Crippen LogP contribution is -2.20. The van der Waals surface area contributed by atoms with Gasteiger partial charge < -0.3 is 10.1 Å². The molecule has 4 heteroatoms. The first kappa shape index (κ1) is 18.5. The van der Waals surface area contributed by atoms with Crippen LogP contribution in [0, 0.1) is 6.92 Å². The van der Waals surface area contributed by atoms with Gasteiger partial charge in [0.25, 0.3) is 5.91 Å². The highest BCUT2D eigenvalue weighted by Gasteiger charge is 2.15. The van der Waals surface area contributed by atoms with Gasteiger partial charge in [-0.2, -0.15) is 0 Å². The van der Waals surface area contributed by atoms with E-state index in [4.69, 9.17) is 4.74 Å². The van der Waals surface area contributed by atoms with Crippen LogP contribution in [0.1, 0.15) is 49.3 Å². The fourth-order valence-corrected chi connectivity index (χ4v) is 3.95. The van der Waals surface area contributed by atoms with E-state index in [1.807, 2.05) is 49.4 Å². The molecule has 1 saturated carbocycles. The van der Waals surface area contributed by atoms with Gasteiger partial charge in [0.15, 0.2) is 6.61 Å². The summed E-state index contributed by atoms with van der Waals surface area (Å²) >= 11 is 0. The minimum atomic E-state index is -0.188. The molecule has 3 aromatic rings. The summed E-state index contributed by atoms with van der Waals surface area (Å²) in [6.45, 7) is 1.92. The maximum absolute atomic E-state index is 12.4. The molecular weight excluding hydrogens is 348 g/mol. The van der Waals surface area contributed by atoms with Crippen LogP contribution in [0.2, 0.25) is 0 Å². The van der Waals surface area contributed by atoms with Crippen LogP contribution in [-0.4, -0.2) is 17.5 Å². The van der Waals surface area contributed by atoms with Crippen molar-refractivity contribution >= 4 is 22.5 Å². The second-order valence-electron chi connectivity index (χ2n) is 7.57. The van der Waals surface area contributed by atoms with Gasteiger partial charge in [-0.25, -0.2) is 0 Å². The number of benzene rings is 2. The molecule has 1 aliphatic rings. The number of ether oxygens (including phenoxy) is 1. The molecule has 144 valence electrons. The van der Waals surface area contributed by atoms with Crippen LogP contribution in [0.25, 0.3) is 10.9 Å². The number of carbonyl (C=O) groups is 1. The molecule has 1 fully saturated rings. The fourth-order valence-electron chi connectivity index (χ4n) is 3.95. The molecule has 2 aromatic carbocycles. The van der Waals surface area contributed by atoms with E-state index >= 15 is 0 Å². The normalized spacial score (nSPS) is 14.8. The van der Waals surface area contributed by atoms with E-state index in [0.717, 1.165) is 22.3 Å². The standard InChI is InChI=1S/C24H26N2O2/c1-17-10-11-20-8-5-9-22(24(20)25-17)26-23(27)16-28-21-14-12-19(13-15-21)18-6-3-2-4-7-18/h5,8-15,18H,2-4,6-7,16H2,1H3,(H,26,27). The number of aryl methyl sites for hydroxylation is 1. The van der Waals surface area contributed by atoms with E-state index in [1.165, 1.54) is 37.7 Å². The van der Waals surface area contributed by atoms with Crippen molar-refractivity contribution in [3.63, 3.8) is 0 Å². The number of rotatable bonds is 5. The molecule has 1 aliphatic carbocycles. The van der Waals surface area contributed by atoms with Crippen molar-refractivity contribution in [1.82, 2.24) is 4.98 Å². The number of nitrogens with one attached hydrogen (secondary N) is 1. The van der Waals surface area contributed by atoms with Crippen LogP contribution >= 0.6 is 0 Å². The zero-order chi connectivity index (χ0) is 19.3. The average molecular weight is 374 g/mol. The molecule has 0 bridgehead atoms. The highest BCUT2D eigenvalue weighted by molar-refractivity contribution is 6.00. The first-order valence-corrected chi connectivity index (χ1v) is 10.1. The number of carbonyl (C=O) groups excluding carboxylic acids is 1. The van der Waals surface area contributed by atoms with Crippen molar-refractivity contribution in [1.29, 1.82) is 0 Å². The Labute approximate surface area is 165 Å². The number of anilines is 1. The van der Waals surface area contributed by atoms with Crippen molar-refractivity contribution < 1.29 is 9.53 Å². The van der Waals surface area contributed by atoms with Gasteiger partial charge in [-0.05, 0) is 55.5 Å². The Kier molecular flexibility index (Phi) is 5.56. The molecule has 0 unspecified atom stereocenters. The van der Waals surface area contributed by atoms with E-state index in [-0.39, 0.29) is 12.5 Å². The minimum Gasteiger partial charge on any atom is -0.484 e. The summed E-state index contributed by atoms with van der Waals surface area (Å²) in [5, 5.41) is 3.92. The number of fused-ring (bicyclic) bond motifs is 1. The Morgan fingerprint density at radius 2 is 1.82 bits per heavy atom. The van der Waals surface area contributed by atoms with Gasteiger partial charge in [0.2, 0.25) is 0 Å². The first-order valence-electron chi connectivity index (χ1n) is 10.1. The van der Waals surface area contributed by atoms with Crippen LogP contribution < -0.4 is 10.1 Å². The van der Waals surface area contributed by atoms with Gasteiger partial charge >= 0.3 is 0 Å². The SMILES string of the molecule is Cc1ccc2cccc(NC(=O)COc3ccc(C4CCCCC4)cc3)c2n1. The lowest BCUT2D eigenvalue weighted by Gasteiger charge is -2.22. The second-order valence-corrected chi connectivity index (χ2v) is 7.57. The van der Waals surface area contributed by atoms with Gasteiger partial charge in [0.1, 0.15) is 5.75 Å². The van der Waals surface area contributed by atoms with E-state index in [2.05, 4.69) is 22.4 Å². The van der Waals surface area contributed by atoms with Crippen LogP contribution in [0.4, 0.5) is 5.69 Å². The fraction of sp³-hybridized carbons (Fsp3) is 0.333. The Morgan fingerprint density at radius 3 is 2.61 bits per heavy atom. The summed E-state index contributed by atoms with van der Waals surface area (Å²) in [4.78, 5) is 16.9. The van der Waals surface area contributed by atoms with Crippen molar-refractivity contribution in [3.8, 4) is 5.75 Å². The molecule has 0 spiro atoms. The van der Waals surface area contributed by atoms with E-state index in [0.29, 0.717) is 11.6 Å². The zero-order valence-corrected chi connectivity index (χ0v) is 16.3. The third-order valence-corrected chi connectivity index (χ3v) is 5.46. The number of pyridine rings is 1. The third kappa shape index (κ3) is 4.33. The van der Waals surface area contributed by atoms with Crippen molar-refractivity contribution in [2.24, 2.45) is 0 Å². The van der Waals surface area contributed by atoms with Gasteiger partial charge in [0, 0.05) is 11.1 Å². The molecular formula is C24H26N2O2. The summed E-state index contributed by atoms with van der Waals surface area (Å²) in [6, 6.07) is 18.0. The predicted octanol–water partition coefficient (Wildman–Crippen LogP) is 5.61. The minimum absolute atomic E-state index is 0.0228. The summed E-state index contributed by atoms with van der Waals surface area (Å²) in [5.74, 6) is 1.21. The maximum atomic E-state index is 12.4. The topological polar surface area (TPSA) is 51.2 Å². The average Bonchev–Trinajstić information content (AvgIpc) is 2.74. The van der Waals surface area contributed by atoms with Crippen molar-refractivity contribution in [2.45, 2.75) is 44.9 Å². The lowest BCUT2D eigenvalue weighted by molar-refractivity contribution is -0.118. The highest BCUT2D eigenvalue weighted by Crippen LogP contribution is 2.33. The van der Waals surface area contributed by atoms with Crippen LogP contribution in [0.5, 0.6) is 5.75 Å². The van der Waals surface area contributed by atoms with Gasteiger partial charge in [-0.1, -0.05) is 49.6 Å². The summed E-state index contributed by atoms with van der Waals surface area (Å²) < 4.78 is 5.69. The molecule has 4 nitrogen and oxygen atoms in total. The maximum Gasteiger partial charge on any atom is 0.262 e. The quantitative estimate of drug-likeness (QED) is 0.632. The van der Waals surface area contributed by atoms with Crippen LogP contribution in [0.3, 0.4) is 0 Å². The number of hydrogen-bond acceptors (Lipinski definition) is 3. The third-order valence-electron chi connectivity index (χ3n) is 5.46. The molecule has 0 aliphatic heterocycles. The molecule has 1 N–H and O–H groups in total. The van der Waals surface area contributed by atoms with Crippen molar-refractivity contribution in [2.75, 3.05) is 11.9 Å². The number of amides is 1. The molecule has 1 aromatic heterocycles. The van der Waals surface area contributed by atoms with E-state index < -0.39 is 0 Å². The Hall–Kier alpha value is -2.88. The summed E-state index contributed by atoms with van der Waals surface area (Å²) in [6.07, 6.45) is 6.57. The Balaban J connectivity index is 1.36. The molecule has 28 heavy (non-hydrogen) atoms. The smallest absolute Gasteiger partial charge is 0.262 e.